The van der Waals surface area contributed by atoms with Crippen molar-refractivity contribution < 1.29 is 4.79 Å². The van der Waals surface area contributed by atoms with E-state index in [-0.39, 0.29) is 17.9 Å². The Kier molecular flexibility index (Phi) is 3.84. The number of carbonyl (C=O) groups is 1. The summed E-state index contributed by atoms with van der Waals surface area (Å²) >= 11 is 6.18. The summed E-state index contributed by atoms with van der Waals surface area (Å²) in [6.07, 6.45) is 0. The van der Waals surface area contributed by atoms with Gasteiger partial charge >= 0.3 is 0 Å². The first kappa shape index (κ1) is 14.0. The highest BCUT2D eigenvalue weighted by Crippen LogP contribution is 2.32. The van der Waals surface area contributed by atoms with Crippen LogP contribution in [0.5, 0.6) is 0 Å². The highest BCUT2D eigenvalue weighted by Gasteiger charge is 2.29. The van der Waals surface area contributed by atoms with Gasteiger partial charge in [-0.1, -0.05) is 48.0 Å². The number of nitrogens with one attached hydrogen (secondary N) is 2. The minimum Gasteiger partial charge on any atom is -0.384 e. The molecular weight excluding hydrogens is 284 g/mol. The van der Waals surface area contributed by atoms with Crippen molar-refractivity contribution in [2.24, 2.45) is 0 Å². The molecule has 0 saturated carbocycles. The molecule has 4 heteroatoms. The quantitative estimate of drug-likeness (QED) is 0.907. The summed E-state index contributed by atoms with van der Waals surface area (Å²) in [6.45, 7) is 2.59. The number of fused-ring (bicyclic) bond motifs is 1. The van der Waals surface area contributed by atoms with Crippen LogP contribution in [0.2, 0.25) is 5.02 Å². The Morgan fingerprint density at radius 1 is 1.24 bits per heavy atom. The molecule has 1 unspecified atom stereocenters. The molecule has 3 nitrogen and oxygen atoms in total. The molecule has 0 bridgehead atoms. The van der Waals surface area contributed by atoms with Gasteiger partial charge in [-0.05, 0) is 30.2 Å². The molecule has 1 amide bonds. The van der Waals surface area contributed by atoms with E-state index in [1.165, 1.54) is 0 Å². The molecular formula is C17H17ClN2O. The average molecular weight is 301 g/mol. The number of hydrogen-bond donors (Lipinski definition) is 2. The third-order valence-corrected chi connectivity index (χ3v) is 4.22. The third-order valence-electron chi connectivity index (χ3n) is 3.88. The number of amides is 1. The van der Waals surface area contributed by atoms with Gasteiger partial charge in [-0.3, -0.25) is 4.79 Å². The molecule has 21 heavy (non-hydrogen) atoms. The molecule has 3 rings (SSSR count). The van der Waals surface area contributed by atoms with Gasteiger partial charge in [0.15, 0.2) is 0 Å². The van der Waals surface area contributed by atoms with Crippen LogP contribution in [0.15, 0.2) is 48.5 Å². The van der Waals surface area contributed by atoms with E-state index in [0.29, 0.717) is 11.6 Å². The second kappa shape index (κ2) is 5.78. The van der Waals surface area contributed by atoms with Gasteiger partial charge in [0.1, 0.15) is 0 Å². The van der Waals surface area contributed by atoms with E-state index in [4.69, 9.17) is 11.6 Å². The zero-order valence-electron chi connectivity index (χ0n) is 11.8. The second-order valence-electron chi connectivity index (χ2n) is 5.27. The molecule has 0 aromatic heterocycles. The summed E-state index contributed by atoms with van der Waals surface area (Å²) in [5, 5.41) is 7.00. The number of para-hydroxylation sites is 1. The number of anilines is 1. The standard InChI is InChI=1S/C17H17ClN2O/c1-11(12-6-2-4-8-15(12)18)20-17(21)14-10-19-16-9-5-3-7-13(14)16/h2-9,11,14,19H,10H2,1H3,(H,20,21)/t11-,14?/m1/s1. The van der Waals surface area contributed by atoms with Crippen LogP contribution in [-0.4, -0.2) is 12.5 Å². The van der Waals surface area contributed by atoms with Crippen LogP contribution >= 0.6 is 11.6 Å². The lowest BCUT2D eigenvalue weighted by molar-refractivity contribution is -0.122. The first-order valence-corrected chi connectivity index (χ1v) is 7.42. The first-order chi connectivity index (χ1) is 10.2. The summed E-state index contributed by atoms with van der Waals surface area (Å²) in [7, 11) is 0. The SMILES string of the molecule is C[C@@H](NC(=O)C1CNc2ccccc21)c1ccccc1Cl. The Morgan fingerprint density at radius 3 is 2.76 bits per heavy atom. The fourth-order valence-corrected chi connectivity index (χ4v) is 3.04. The lowest BCUT2D eigenvalue weighted by Gasteiger charge is -2.18. The van der Waals surface area contributed by atoms with Crippen molar-refractivity contribution in [3.05, 3.63) is 64.7 Å². The smallest absolute Gasteiger partial charge is 0.229 e. The number of rotatable bonds is 3. The maximum Gasteiger partial charge on any atom is 0.229 e. The zero-order chi connectivity index (χ0) is 14.8. The van der Waals surface area contributed by atoms with Crippen molar-refractivity contribution in [1.82, 2.24) is 5.32 Å². The largest absolute Gasteiger partial charge is 0.384 e. The third kappa shape index (κ3) is 2.74. The number of benzene rings is 2. The van der Waals surface area contributed by atoms with E-state index < -0.39 is 0 Å². The Bertz CT molecular complexity index is 671. The monoisotopic (exact) mass is 300 g/mol. The van der Waals surface area contributed by atoms with Crippen LogP contribution in [0.4, 0.5) is 5.69 Å². The van der Waals surface area contributed by atoms with Gasteiger partial charge in [-0.15, -0.1) is 0 Å². The number of carbonyl (C=O) groups excluding carboxylic acids is 1. The highest BCUT2D eigenvalue weighted by atomic mass is 35.5. The summed E-state index contributed by atoms with van der Waals surface area (Å²) in [5.41, 5.74) is 3.04. The molecule has 1 aliphatic rings. The Labute approximate surface area is 129 Å². The Balaban J connectivity index is 1.75. The minimum atomic E-state index is -0.147. The Hall–Kier alpha value is -2.00. The maximum atomic E-state index is 12.5. The molecule has 108 valence electrons. The predicted molar refractivity (Wildman–Crippen MR) is 85.7 cm³/mol. The van der Waals surface area contributed by atoms with E-state index in [2.05, 4.69) is 10.6 Å². The molecule has 2 aromatic carbocycles. The van der Waals surface area contributed by atoms with Gasteiger partial charge in [0.2, 0.25) is 5.91 Å². The lowest BCUT2D eigenvalue weighted by Crippen LogP contribution is -2.32. The highest BCUT2D eigenvalue weighted by molar-refractivity contribution is 6.31. The summed E-state index contributed by atoms with van der Waals surface area (Å²) in [4.78, 5) is 12.5. The normalized spacial score (nSPS) is 17.7. The van der Waals surface area contributed by atoms with E-state index in [1.54, 1.807) is 0 Å². The van der Waals surface area contributed by atoms with Gasteiger partial charge in [-0.25, -0.2) is 0 Å². The van der Waals surface area contributed by atoms with Crippen molar-refractivity contribution in [2.45, 2.75) is 18.9 Å². The Morgan fingerprint density at radius 2 is 1.95 bits per heavy atom. The zero-order valence-corrected chi connectivity index (χ0v) is 12.5. The van der Waals surface area contributed by atoms with Gasteiger partial charge in [-0.2, -0.15) is 0 Å². The molecule has 0 fully saturated rings. The van der Waals surface area contributed by atoms with Gasteiger partial charge in [0, 0.05) is 17.3 Å². The predicted octanol–water partition coefficient (Wildman–Crippen LogP) is 3.73. The molecule has 0 saturated heterocycles. The second-order valence-corrected chi connectivity index (χ2v) is 5.68. The van der Waals surface area contributed by atoms with Crippen LogP contribution in [0.25, 0.3) is 0 Å². The first-order valence-electron chi connectivity index (χ1n) is 7.04. The van der Waals surface area contributed by atoms with Crippen molar-refractivity contribution >= 4 is 23.2 Å². The minimum absolute atomic E-state index is 0.0277. The van der Waals surface area contributed by atoms with Crippen LogP contribution in [0.1, 0.15) is 30.0 Å². The molecule has 0 spiro atoms. The van der Waals surface area contributed by atoms with Gasteiger partial charge < -0.3 is 10.6 Å². The molecule has 2 aromatic rings. The number of hydrogen-bond acceptors (Lipinski definition) is 2. The van der Waals surface area contributed by atoms with E-state index in [0.717, 1.165) is 16.8 Å². The molecule has 0 aliphatic carbocycles. The van der Waals surface area contributed by atoms with Gasteiger partial charge in [0.25, 0.3) is 0 Å². The topological polar surface area (TPSA) is 41.1 Å². The van der Waals surface area contributed by atoms with Crippen LogP contribution in [0, 0.1) is 0 Å². The molecule has 2 atom stereocenters. The van der Waals surface area contributed by atoms with Crippen LogP contribution in [-0.2, 0) is 4.79 Å². The van der Waals surface area contributed by atoms with E-state index >= 15 is 0 Å². The maximum absolute atomic E-state index is 12.5. The van der Waals surface area contributed by atoms with Crippen LogP contribution < -0.4 is 10.6 Å². The van der Waals surface area contributed by atoms with E-state index in [9.17, 15) is 4.79 Å². The molecule has 1 heterocycles. The van der Waals surface area contributed by atoms with E-state index in [1.807, 2.05) is 55.5 Å². The summed E-state index contributed by atoms with van der Waals surface area (Å²) in [6, 6.07) is 15.4. The fourth-order valence-electron chi connectivity index (χ4n) is 2.74. The summed E-state index contributed by atoms with van der Waals surface area (Å²) in [5.74, 6) is -0.119. The molecule has 2 N–H and O–H groups in total. The van der Waals surface area contributed by atoms with Crippen molar-refractivity contribution in [3.8, 4) is 0 Å². The molecule has 0 radical (unpaired) electrons. The summed E-state index contributed by atoms with van der Waals surface area (Å²) < 4.78 is 0. The van der Waals surface area contributed by atoms with Crippen LogP contribution in [0.3, 0.4) is 0 Å². The van der Waals surface area contributed by atoms with Crippen molar-refractivity contribution in [1.29, 1.82) is 0 Å². The van der Waals surface area contributed by atoms with Crippen molar-refractivity contribution in [2.75, 3.05) is 11.9 Å². The van der Waals surface area contributed by atoms with Crippen molar-refractivity contribution in [3.63, 3.8) is 0 Å². The lowest BCUT2D eigenvalue weighted by atomic mass is 9.99. The average Bonchev–Trinajstić information content (AvgIpc) is 2.91. The van der Waals surface area contributed by atoms with Gasteiger partial charge in [0.05, 0.1) is 12.0 Å². The number of halogens is 1. The molecule has 1 aliphatic heterocycles. The fraction of sp³-hybridized carbons (Fsp3) is 0.235.